The van der Waals surface area contributed by atoms with Crippen molar-refractivity contribution in [1.29, 1.82) is 0 Å². The maximum absolute atomic E-state index is 5.40. The van der Waals surface area contributed by atoms with Gasteiger partial charge >= 0.3 is 0 Å². The average Bonchev–Trinajstić information content (AvgIpc) is 2.70. The summed E-state index contributed by atoms with van der Waals surface area (Å²) in [7, 11) is 1.76. The number of imidazole rings is 1. The van der Waals surface area contributed by atoms with Gasteiger partial charge in [-0.2, -0.15) is 0 Å². The molecule has 4 nitrogen and oxygen atoms in total. The minimum atomic E-state index is -0.0584. The molecule has 1 aromatic rings. The van der Waals surface area contributed by atoms with Crippen LogP contribution in [-0.4, -0.2) is 35.3 Å². The summed E-state index contributed by atoms with van der Waals surface area (Å²) in [5.74, 6) is 1.03. The van der Waals surface area contributed by atoms with Crippen LogP contribution in [-0.2, 0) is 11.2 Å². The fourth-order valence-electron chi connectivity index (χ4n) is 1.76. The number of ether oxygens (including phenoxy) is 1. The van der Waals surface area contributed by atoms with Gasteiger partial charge in [0.25, 0.3) is 0 Å². The summed E-state index contributed by atoms with van der Waals surface area (Å²) in [5, 5.41) is 3.47. The highest BCUT2D eigenvalue weighted by Gasteiger charge is 2.19. The summed E-state index contributed by atoms with van der Waals surface area (Å²) >= 11 is 0. The van der Waals surface area contributed by atoms with Gasteiger partial charge in [-0.3, -0.25) is 0 Å². The van der Waals surface area contributed by atoms with Crippen LogP contribution in [0.4, 0.5) is 0 Å². The first-order valence-electron chi connectivity index (χ1n) is 5.80. The molecular formula is C12H23N3O. The lowest BCUT2D eigenvalue weighted by atomic mass is 10.00. The summed E-state index contributed by atoms with van der Waals surface area (Å²) in [6, 6.07) is 0.449. The van der Waals surface area contributed by atoms with Crippen LogP contribution in [0.25, 0.3) is 0 Å². The largest absolute Gasteiger partial charge is 0.379 e. The zero-order valence-corrected chi connectivity index (χ0v) is 10.7. The zero-order chi connectivity index (χ0) is 12.0. The van der Waals surface area contributed by atoms with Gasteiger partial charge in [0.2, 0.25) is 0 Å². The molecule has 0 bridgehead atoms. The van der Waals surface area contributed by atoms with Crippen LogP contribution in [0.1, 0.15) is 33.0 Å². The van der Waals surface area contributed by atoms with Crippen molar-refractivity contribution in [1.82, 2.24) is 15.3 Å². The number of rotatable bonds is 7. The molecule has 0 aliphatic heterocycles. The topological polar surface area (TPSA) is 49.9 Å². The minimum absolute atomic E-state index is 0.0584. The van der Waals surface area contributed by atoms with Crippen molar-refractivity contribution in [3.05, 3.63) is 18.2 Å². The van der Waals surface area contributed by atoms with E-state index in [4.69, 9.17) is 4.74 Å². The third kappa shape index (κ3) is 4.77. The van der Waals surface area contributed by atoms with E-state index in [1.54, 1.807) is 13.3 Å². The molecule has 92 valence electrons. The van der Waals surface area contributed by atoms with E-state index in [0.29, 0.717) is 6.04 Å². The second-order valence-corrected chi connectivity index (χ2v) is 4.81. The van der Waals surface area contributed by atoms with Crippen LogP contribution in [0, 0.1) is 0 Å². The molecule has 4 heteroatoms. The molecule has 0 unspecified atom stereocenters. The Balaban J connectivity index is 2.18. The Morgan fingerprint density at radius 3 is 2.88 bits per heavy atom. The maximum atomic E-state index is 5.40. The van der Waals surface area contributed by atoms with Gasteiger partial charge in [0.15, 0.2) is 0 Å². The summed E-state index contributed by atoms with van der Waals surface area (Å²) < 4.78 is 5.40. The Morgan fingerprint density at radius 1 is 1.56 bits per heavy atom. The molecule has 0 spiro atoms. The lowest BCUT2D eigenvalue weighted by Crippen LogP contribution is -2.36. The van der Waals surface area contributed by atoms with Gasteiger partial charge < -0.3 is 15.0 Å². The number of hydrogen-bond acceptors (Lipinski definition) is 3. The van der Waals surface area contributed by atoms with Gasteiger partial charge in [-0.25, -0.2) is 4.98 Å². The molecule has 0 aromatic carbocycles. The standard InChI is InChI=1S/C12H23N3O/c1-10(9-12(2,3)16-4)13-6-5-11-14-7-8-15-11/h7-8,10,13H,5-6,9H2,1-4H3,(H,14,15)/t10-/m1/s1. The highest BCUT2D eigenvalue weighted by molar-refractivity contribution is 4.87. The smallest absolute Gasteiger partial charge is 0.107 e. The van der Waals surface area contributed by atoms with Crippen LogP contribution >= 0.6 is 0 Å². The Hall–Kier alpha value is -0.870. The first kappa shape index (κ1) is 13.2. The summed E-state index contributed by atoms with van der Waals surface area (Å²) in [4.78, 5) is 7.28. The van der Waals surface area contributed by atoms with Crippen molar-refractivity contribution >= 4 is 0 Å². The number of aromatic amines is 1. The molecule has 0 aliphatic rings. The van der Waals surface area contributed by atoms with E-state index < -0.39 is 0 Å². The first-order valence-corrected chi connectivity index (χ1v) is 5.80. The van der Waals surface area contributed by atoms with Crippen LogP contribution in [0.3, 0.4) is 0 Å². The molecule has 0 amide bonds. The molecule has 1 heterocycles. The first-order chi connectivity index (χ1) is 7.53. The average molecular weight is 225 g/mol. The van der Waals surface area contributed by atoms with Crippen molar-refractivity contribution in [2.75, 3.05) is 13.7 Å². The number of H-pyrrole nitrogens is 1. The summed E-state index contributed by atoms with van der Waals surface area (Å²) in [6.07, 6.45) is 5.58. The fourth-order valence-corrected chi connectivity index (χ4v) is 1.76. The van der Waals surface area contributed by atoms with Crippen LogP contribution in [0.2, 0.25) is 0 Å². The molecule has 1 rings (SSSR count). The molecule has 0 radical (unpaired) electrons. The lowest BCUT2D eigenvalue weighted by Gasteiger charge is -2.27. The number of methoxy groups -OCH3 is 1. The van der Waals surface area contributed by atoms with E-state index in [1.807, 2.05) is 6.20 Å². The molecule has 0 saturated carbocycles. The van der Waals surface area contributed by atoms with Crippen LogP contribution in [0.5, 0.6) is 0 Å². The highest BCUT2D eigenvalue weighted by atomic mass is 16.5. The third-order valence-corrected chi connectivity index (χ3v) is 2.76. The monoisotopic (exact) mass is 225 g/mol. The van der Waals surface area contributed by atoms with E-state index in [0.717, 1.165) is 25.2 Å². The third-order valence-electron chi connectivity index (χ3n) is 2.76. The van der Waals surface area contributed by atoms with Gasteiger partial charge in [0, 0.05) is 38.5 Å². The molecular weight excluding hydrogens is 202 g/mol. The summed E-state index contributed by atoms with van der Waals surface area (Å²) in [6.45, 7) is 7.34. The number of nitrogens with one attached hydrogen (secondary N) is 2. The van der Waals surface area contributed by atoms with Gasteiger partial charge in [0.05, 0.1) is 5.60 Å². The van der Waals surface area contributed by atoms with Gasteiger partial charge in [-0.15, -0.1) is 0 Å². The highest BCUT2D eigenvalue weighted by Crippen LogP contribution is 2.15. The van der Waals surface area contributed by atoms with E-state index >= 15 is 0 Å². The lowest BCUT2D eigenvalue weighted by molar-refractivity contribution is 0.00864. The van der Waals surface area contributed by atoms with E-state index in [9.17, 15) is 0 Å². The van der Waals surface area contributed by atoms with Crippen molar-refractivity contribution in [3.8, 4) is 0 Å². The van der Waals surface area contributed by atoms with E-state index in [1.165, 1.54) is 0 Å². The van der Waals surface area contributed by atoms with Crippen molar-refractivity contribution in [3.63, 3.8) is 0 Å². The number of aromatic nitrogens is 2. The molecule has 1 aromatic heterocycles. The molecule has 1 atom stereocenters. The Morgan fingerprint density at radius 2 is 2.31 bits per heavy atom. The Bertz CT molecular complexity index is 282. The molecule has 2 N–H and O–H groups in total. The van der Waals surface area contributed by atoms with Crippen LogP contribution in [0.15, 0.2) is 12.4 Å². The Kier molecular flexibility index (Phi) is 4.96. The quantitative estimate of drug-likeness (QED) is 0.743. The zero-order valence-electron chi connectivity index (χ0n) is 10.7. The van der Waals surface area contributed by atoms with E-state index in [2.05, 4.69) is 36.1 Å². The fraction of sp³-hybridized carbons (Fsp3) is 0.750. The SMILES string of the molecule is COC(C)(C)C[C@@H](C)NCCc1ncc[nH]1. The van der Waals surface area contributed by atoms with E-state index in [-0.39, 0.29) is 5.60 Å². The number of hydrogen-bond donors (Lipinski definition) is 2. The van der Waals surface area contributed by atoms with Crippen molar-refractivity contribution < 1.29 is 4.74 Å². The van der Waals surface area contributed by atoms with Crippen molar-refractivity contribution in [2.24, 2.45) is 0 Å². The van der Waals surface area contributed by atoms with Gasteiger partial charge in [-0.1, -0.05) is 0 Å². The van der Waals surface area contributed by atoms with Gasteiger partial charge in [0.1, 0.15) is 5.82 Å². The predicted molar refractivity (Wildman–Crippen MR) is 65.5 cm³/mol. The molecule has 0 aliphatic carbocycles. The molecule has 0 saturated heterocycles. The minimum Gasteiger partial charge on any atom is -0.379 e. The van der Waals surface area contributed by atoms with Gasteiger partial charge in [-0.05, 0) is 27.2 Å². The molecule has 0 fully saturated rings. The predicted octanol–water partition coefficient (Wildman–Crippen LogP) is 1.75. The maximum Gasteiger partial charge on any atom is 0.107 e. The number of nitrogens with zero attached hydrogens (tertiary/aromatic N) is 1. The Labute approximate surface area is 97.8 Å². The summed E-state index contributed by atoms with van der Waals surface area (Å²) in [5.41, 5.74) is -0.0584. The van der Waals surface area contributed by atoms with Crippen molar-refractivity contribution in [2.45, 2.75) is 45.3 Å². The second-order valence-electron chi connectivity index (χ2n) is 4.81. The van der Waals surface area contributed by atoms with Crippen LogP contribution < -0.4 is 5.32 Å². The second kappa shape index (κ2) is 6.01. The normalized spacial score (nSPS) is 14.0. The molecule has 16 heavy (non-hydrogen) atoms.